The molecule has 1 heterocycles. The maximum atomic E-state index is 12.8. The van der Waals surface area contributed by atoms with Crippen LogP contribution in [0.2, 0.25) is 0 Å². The lowest BCUT2D eigenvalue weighted by atomic mass is 10.1. The van der Waals surface area contributed by atoms with Gasteiger partial charge in [0, 0.05) is 30.6 Å². The standard InChI is InChI=1S/C26H38N6O4.C7H8/c1-17(2)16-32(25(36)31-26(3,4)5)14-8-13-28-23(34)21(15-22(27)33)30-24(35)20-12-11-18-9-6-7-10-19(18)29-20;1-7-5-3-2-4-6-7/h6-7,9-12,17,21H,8,13-16H2,1-5H3,(H2,27,33)(H,28,34)(H,30,35)(H,31,36);2-6H,1H3/t21-;/m0./s1. The van der Waals surface area contributed by atoms with E-state index in [0.29, 0.717) is 25.0 Å². The van der Waals surface area contributed by atoms with Gasteiger partial charge in [0.2, 0.25) is 11.8 Å². The van der Waals surface area contributed by atoms with E-state index < -0.39 is 23.8 Å². The van der Waals surface area contributed by atoms with Gasteiger partial charge in [-0.15, -0.1) is 0 Å². The van der Waals surface area contributed by atoms with Crippen LogP contribution < -0.4 is 21.7 Å². The van der Waals surface area contributed by atoms with Crippen molar-refractivity contribution < 1.29 is 19.2 Å². The van der Waals surface area contributed by atoms with E-state index in [0.717, 1.165) is 5.39 Å². The molecular weight excluding hydrogens is 544 g/mol. The quantitative estimate of drug-likeness (QED) is 0.248. The molecule has 10 heteroatoms. The van der Waals surface area contributed by atoms with Crippen LogP contribution in [0.4, 0.5) is 4.79 Å². The Kier molecular flexibility index (Phi) is 13.6. The van der Waals surface area contributed by atoms with E-state index in [2.05, 4.69) is 40.0 Å². The van der Waals surface area contributed by atoms with Crippen molar-refractivity contribution in [3.8, 4) is 0 Å². The van der Waals surface area contributed by atoms with Crippen LogP contribution in [0.15, 0.2) is 66.7 Å². The van der Waals surface area contributed by atoms with Gasteiger partial charge in [0.1, 0.15) is 11.7 Å². The lowest BCUT2D eigenvalue weighted by molar-refractivity contribution is -0.126. The number of carbonyl (C=O) groups is 4. The van der Waals surface area contributed by atoms with Crippen molar-refractivity contribution in [2.75, 3.05) is 19.6 Å². The van der Waals surface area contributed by atoms with E-state index in [1.54, 1.807) is 23.1 Å². The maximum absolute atomic E-state index is 12.8. The summed E-state index contributed by atoms with van der Waals surface area (Å²) in [6, 6.07) is 19.6. The summed E-state index contributed by atoms with van der Waals surface area (Å²) in [5.41, 5.74) is 7.04. The van der Waals surface area contributed by atoms with E-state index in [-0.39, 0.29) is 36.1 Å². The normalized spacial score (nSPS) is 11.6. The van der Waals surface area contributed by atoms with Gasteiger partial charge in [-0.05, 0) is 52.2 Å². The molecule has 10 nitrogen and oxygen atoms in total. The van der Waals surface area contributed by atoms with Crippen molar-refractivity contribution in [3.63, 3.8) is 0 Å². The van der Waals surface area contributed by atoms with Gasteiger partial charge in [0.05, 0.1) is 11.9 Å². The summed E-state index contributed by atoms with van der Waals surface area (Å²) in [4.78, 5) is 55.7. The van der Waals surface area contributed by atoms with Crippen LogP contribution in [-0.2, 0) is 9.59 Å². The van der Waals surface area contributed by atoms with E-state index in [9.17, 15) is 19.2 Å². The zero-order chi connectivity index (χ0) is 32.0. The Morgan fingerprint density at radius 2 is 1.58 bits per heavy atom. The van der Waals surface area contributed by atoms with E-state index in [1.807, 2.05) is 71.0 Å². The molecule has 3 aromatic rings. The molecule has 0 aliphatic carbocycles. The Labute approximate surface area is 254 Å². The van der Waals surface area contributed by atoms with Crippen LogP contribution in [0.1, 0.15) is 63.5 Å². The fourth-order valence-electron chi connectivity index (χ4n) is 4.09. The molecule has 5 N–H and O–H groups in total. The zero-order valence-corrected chi connectivity index (χ0v) is 26.1. The van der Waals surface area contributed by atoms with E-state index >= 15 is 0 Å². The molecule has 0 unspecified atom stereocenters. The fraction of sp³-hybridized carbons (Fsp3) is 0.424. The Balaban J connectivity index is 0.000000804. The van der Waals surface area contributed by atoms with Gasteiger partial charge in [-0.25, -0.2) is 9.78 Å². The summed E-state index contributed by atoms with van der Waals surface area (Å²) >= 11 is 0. The first-order valence-corrected chi connectivity index (χ1v) is 14.6. The highest BCUT2D eigenvalue weighted by atomic mass is 16.2. The second kappa shape index (κ2) is 16.8. The predicted molar refractivity (Wildman–Crippen MR) is 170 cm³/mol. The third kappa shape index (κ3) is 13.4. The van der Waals surface area contributed by atoms with Gasteiger partial charge in [-0.1, -0.05) is 74.0 Å². The SMILES string of the molecule is CC(C)CN(CCCNC(=O)[C@H](CC(N)=O)NC(=O)c1ccc2ccccc2n1)C(=O)NC(C)(C)C.Cc1ccccc1. The summed E-state index contributed by atoms with van der Waals surface area (Å²) in [5.74, 6) is -1.55. The summed E-state index contributed by atoms with van der Waals surface area (Å²) < 4.78 is 0. The minimum Gasteiger partial charge on any atom is -0.370 e. The van der Waals surface area contributed by atoms with Crippen molar-refractivity contribution in [1.82, 2.24) is 25.8 Å². The van der Waals surface area contributed by atoms with Crippen molar-refractivity contribution in [1.29, 1.82) is 0 Å². The first-order valence-electron chi connectivity index (χ1n) is 14.6. The van der Waals surface area contributed by atoms with Crippen molar-refractivity contribution in [2.24, 2.45) is 11.7 Å². The smallest absolute Gasteiger partial charge is 0.317 e. The molecule has 2 aromatic carbocycles. The average molecular weight is 591 g/mol. The third-order valence-corrected chi connectivity index (χ3v) is 6.06. The lowest BCUT2D eigenvalue weighted by Crippen LogP contribution is -2.51. The maximum Gasteiger partial charge on any atom is 0.317 e. The van der Waals surface area contributed by atoms with Crippen LogP contribution in [0, 0.1) is 12.8 Å². The number of hydrogen-bond acceptors (Lipinski definition) is 5. The van der Waals surface area contributed by atoms with Crippen molar-refractivity contribution in [2.45, 2.75) is 66.0 Å². The van der Waals surface area contributed by atoms with Crippen LogP contribution in [0.3, 0.4) is 0 Å². The molecule has 0 aliphatic rings. The number of pyridine rings is 1. The topological polar surface area (TPSA) is 147 Å². The number of nitrogens with one attached hydrogen (secondary N) is 3. The molecule has 43 heavy (non-hydrogen) atoms. The fourth-order valence-corrected chi connectivity index (χ4v) is 4.09. The number of carbonyl (C=O) groups excluding carboxylic acids is 4. The average Bonchev–Trinajstić information content (AvgIpc) is 2.93. The number of benzene rings is 2. The molecule has 0 saturated heterocycles. The van der Waals surface area contributed by atoms with Gasteiger partial charge in [-0.3, -0.25) is 14.4 Å². The molecule has 0 aliphatic heterocycles. The Morgan fingerprint density at radius 1 is 0.930 bits per heavy atom. The number of primary amides is 1. The summed E-state index contributed by atoms with van der Waals surface area (Å²) in [6.45, 7) is 13.2. The molecule has 232 valence electrons. The number of aromatic nitrogens is 1. The second-order valence-electron chi connectivity index (χ2n) is 11.9. The first kappa shape index (κ1) is 34.7. The summed E-state index contributed by atoms with van der Waals surface area (Å²) in [5, 5.41) is 9.13. The zero-order valence-electron chi connectivity index (χ0n) is 26.1. The number of hydrogen-bond donors (Lipinski definition) is 4. The molecule has 3 rings (SSSR count). The highest BCUT2D eigenvalue weighted by molar-refractivity contribution is 5.99. The largest absolute Gasteiger partial charge is 0.370 e. The van der Waals surface area contributed by atoms with Crippen LogP contribution in [-0.4, -0.2) is 64.9 Å². The molecule has 0 spiro atoms. The van der Waals surface area contributed by atoms with Gasteiger partial charge in [0.25, 0.3) is 5.91 Å². The molecule has 0 bridgehead atoms. The number of nitrogens with two attached hydrogens (primary N) is 1. The number of nitrogens with zero attached hydrogens (tertiary/aromatic N) is 2. The number of para-hydroxylation sites is 1. The second-order valence-corrected chi connectivity index (χ2v) is 11.9. The molecule has 1 aromatic heterocycles. The molecule has 0 fully saturated rings. The van der Waals surface area contributed by atoms with Gasteiger partial charge < -0.3 is 26.6 Å². The summed E-state index contributed by atoms with van der Waals surface area (Å²) in [7, 11) is 0. The Hall–Kier alpha value is -4.47. The van der Waals surface area contributed by atoms with Gasteiger partial charge >= 0.3 is 6.03 Å². The van der Waals surface area contributed by atoms with Crippen molar-refractivity contribution in [3.05, 3.63) is 78.0 Å². The number of amides is 5. The highest BCUT2D eigenvalue weighted by Crippen LogP contribution is 2.12. The molecular formula is C33H46N6O4. The number of rotatable bonds is 11. The molecule has 0 radical (unpaired) electrons. The first-order chi connectivity index (χ1) is 20.2. The molecule has 1 atom stereocenters. The molecule has 5 amide bonds. The number of urea groups is 1. The number of fused-ring (bicyclic) bond motifs is 1. The van der Waals surface area contributed by atoms with Crippen LogP contribution >= 0.6 is 0 Å². The minimum atomic E-state index is -1.14. The van der Waals surface area contributed by atoms with Crippen molar-refractivity contribution >= 4 is 34.7 Å². The van der Waals surface area contributed by atoms with Crippen LogP contribution in [0.25, 0.3) is 10.9 Å². The predicted octanol–water partition coefficient (Wildman–Crippen LogP) is 4.18. The highest BCUT2D eigenvalue weighted by Gasteiger charge is 2.24. The van der Waals surface area contributed by atoms with Crippen LogP contribution in [0.5, 0.6) is 0 Å². The van der Waals surface area contributed by atoms with E-state index in [1.165, 1.54) is 5.56 Å². The molecule has 0 saturated carbocycles. The Bertz CT molecular complexity index is 1350. The Morgan fingerprint density at radius 3 is 2.16 bits per heavy atom. The number of aryl methyl sites for hydroxylation is 1. The lowest BCUT2D eigenvalue weighted by Gasteiger charge is -2.29. The van der Waals surface area contributed by atoms with E-state index in [4.69, 9.17) is 5.73 Å². The van der Waals surface area contributed by atoms with Gasteiger partial charge in [-0.2, -0.15) is 0 Å². The third-order valence-electron chi connectivity index (χ3n) is 6.06. The summed E-state index contributed by atoms with van der Waals surface area (Å²) in [6.07, 6.45) is 0.151. The monoisotopic (exact) mass is 590 g/mol. The minimum absolute atomic E-state index is 0.130. The van der Waals surface area contributed by atoms with Gasteiger partial charge in [0.15, 0.2) is 0 Å².